The fourth-order valence-electron chi connectivity index (χ4n) is 2.96. The van der Waals surface area contributed by atoms with E-state index in [0.717, 1.165) is 25.9 Å². The van der Waals surface area contributed by atoms with E-state index in [4.69, 9.17) is 0 Å². The number of hydrogen-bond acceptors (Lipinski definition) is 2. The van der Waals surface area contributed by atoms with Crippen molar-refractivity contribution < 1.29 is 18.0 Å². The van der Waals surface area contributed by atoms with Crippen LogP contribution in [-0.2, 0) is 4.79 Å². The van der Waals surface area contributed by atoms with E-state index in [1.165, 1.54) is 0 Å². The predicted octanol–water partition coefficient (Wildman–Crippen LogP) is 1.87. The van der Waals surface area contributed by atoms with Gasteiger partial charge in [0.05, 0.1) is 5.41 Å². The summed E-state index contributed by atoms with van der Waals surface area (Å²) in [6.45, 7) is 2.25. The summed E-state index contributed by atoms with van der Waals surface area (Å²) in [6, 6.07) is 0. The van der Waals surface area contributed by atoms with Gasteiger partial charge in [0.1, 0.15) is 6.54 Å². The van der Waals surface area contributed by atoms with Crippen molar-refractivity contribution in [3.63, 3.8) is 0 Å². The summed E-state index contributed by atoms with van der Waals surface area (Å²) in [6.07, 6.45) is -1.86. The average Bonchev–Trinajstić information content (AvgIpc) is 2.81. The molecule has 3 nitrogen and oxygen atoms in total. The Bertz CT molecular complexity index is 329. The molecule has 0 radical (unpaired) electrons. The summed E-state index contributed by atoms with van der Waals surface area (Å²) < 4.78 is 36.1. The molecule has 0 aromatic carbocycles. The molecule has 1 aliphatic carbocycles. The Balaban J connectivity index is 0.00000162. The van der Waals surface area contributed by atoms with E-state index in [0.29, 0.717) is 6.42 Å². The van der Waals surface area contributed by atoms with E-state index in [1.54, 1.807) is 6.92 Å². The molecule has 1 unspecified atom stereocenters. The summed E-state index contributed by atoms with van der Waals surface area (Å²) in [5.74, 6) is -0.447. The molecule has 0 aromatic heterocycles. The number of nitrogens with one attached hydrogen (secondary N) is 2. The molecule has 1 atom stereocenters. The van der Waals surface area contributed by atoms with Gasteiger partial charge in [0.15, 0.2) is 0 Å². The summed E-state index contributed by atoms with van der Waals surface area (Å²) >= 11 is 0. The zero-order valence-corrected chi connectivity index (χ0v) is 11.0. The first-order chi connectivity index (χ1) is 7.79. The summed E-state index contributed by atoms with van der Waals surface area (Å²) in [7, 11) is 0. The van der Waals surface area contributed by atoms with Crippen molar-refractivity contribution >= 4 is 18.3 Å². The van der Waals surface area contributed by atoms with Gasteiger partial charge in [-0.25, -0.2) is 0 Å². The lowest BCUT2D eigenvalue weighted by Crippen LogP contribution is -2.41. The lowest BCUT2D eigenvalue weighted by Gasteiger charge is -2.27. The van der Waals surface area contributed by atoms with Gasteiger partial charge in [0, 0.05) is 0 Å². The number of hydrogen-bond donors (Lipinski definition) is 2. The van der Waals surface area contributed by atoms with E-state index in [9.17, 15) is 18.0 Å². The maximum atomic E-state index is 12.0. The van der Waals surface area contributed by atoms with Crippen LogP contribution in [0, 0.1) is 10.8 Å². The van der Waals surface area contributed by atoms with E-state index >= 15 is 0 Å². The molecular formula is C11H18ClF3N2O. The number of carbonyl (C=O) groups is 1. The lowest BCUT2D eigenvalue weighted by molar-refractivity contribution is -0.142. The zero-order chi connectivity index (χ0) is 12.7. The molecular weight excluding hydrogens is 269 g/mol. The van der Waals surface area contributed by atoms with E-state index < -0.39 is 24.0 Å². The van der Waals surface area contributed by atoms with Gasteiger partial charge in [-0.2, -0.15) is 13.2 Å². The minimum absolute atomic E-state index is 0. The molecule has 2 N–H and O–H groups in total. The van der Waals surface area contributed by atoms with Gasteiger partial charge in [-0.3, -0.25) is 4.79 Å². The topological polar surface area (TPSA) is 41.1 Å². The van der Waals surface area contributed by atoms with Gasteiger partial charge >= 0.3 is 6.18 Å². The van der Waals surface area contributed by atoms with Crippen LogP contribution in [0.1, 0.15) is 26.2 Å². The first-order valence-electron chi connectivity index (χ1n) is 5.85. The standard InChI is InChI=1S/C11H17F3N2O.ClH/c1-9(8(17)16-7-11(12,13)14)6-10(9)2-4-15-5-3-10;/h15H,2-7H2,1H3,(H,16,17);1H. The number of amides is 1. The number of carbonyl (C=O) groups excluding carboxylic acids is 1. The van der Waals surface area contributed by atoms with Crippen molar-refractivity contribution in [1.29, 1.82) is 0 Å². The molecule has 2 aliphatic rings. The van der Waals surface area contributed by atoms with E-state index in [-0.39, 0.29) is 17.8 Å². The Morgan fingerprint density at radius 3 is 2.39 bits per heavy atom. The second-order valence-corrected chi connectivity index (χ2v) is 5.34. The number of alkyl halides is 3. The highest BCUT2D eigenvalue weighted by Crippen LogP contribution is 2.68. The third kappa shape index (κ3) is 2.74. The minimum atomic E-state index is -4.33. The summed E-state index contributed by atoms with van der Waals surface area (Å²) in [5.41, 5.74) is -0.658. The SMILES string of the molecule is CC1(C(=O)NCC(F)(F)F)CC12CCNCC2.Cl. The van der Waals surface area contributed by atoms with Crippen molar-refractivity contribution in [2.75, 3.05) is 19.6 Å². The number of rotatable bonds is 2. The molecule has 2 fully saturated rings. The summed E-state index contributed by atoms with van der Waals surface area (Å²) in [4.78, 5) is 11.8. The van der Waals surface area contributed by atoms with Crippen molar-refractivity contribution in [1.82, 2.24) is 10.6 Å². The van der Waals surface area contributed by atoms with Crippen LogP contribution in [0.4, 0.5) is 13.2 Å². The molecule has 0 bridgehead atoms. The van der Waals surface area contributed by atoms with Gasteiger partial charge in [-0.1, -0.05) is 6.92 Å². The highest BCUT2D eigenvalue weighted by molar-refractivity contribution is 5.86. The van der Waals surface area contributed by atoms with Gasteiger partial charge in [0.25, 0.3) is 0 Å². The Hall–Kier alpha value is -0.490. The maximum absolute atomic E-state index is 12.0. The van der Waals surface area contributed by atoms with Crippen LogP contribution in [0.25, 0.3) is 0 Å². The quantitative estimate of drug-likeness (QED) is 0.814. The molecule has 0 aromatic rings. The fraction of sp³-hybridized carbons (Fsp3) is 0.909. The smallest absolute Gasteiger partial charge is 0.346 e. The van der Waals surface area contributed by atoms with E-state index in [1.807, 2.05) is 5.32 Å². The average molecular weight is 287 g/mol. The first-order valence-corrected chi connectivity index (χ1v) is 5.85. The van der Waals surface area contributed by atoms with Crippen LogP contribution < -0.4 is 10.6 Å². The van der Waals surface area contributed by atoms with Crippen molar-refractivity contribution in [3.8, 4) is 0 Å². The molecule has 1 aliphatic heterocycles. The van der Waals surface area contributed by atoms with Crippen LogP contribution in [0.2, 0.25) is 0 Å². The Morgan fingerprint density at radius 1 is 1.33 bits per heavy atom. The monoisotopic (exact) mass is 286 g/mol. The van der Waals surface area contributed by atoms with Crippen LogP contribution in [0.5, 0.6) is 0 Å². The normalized spacial score (nSPS) is 29.6. The molecule has 106 valence electrons. The summed E-state index contributed by atoms with van der Waals surface area (Å²) in [5, 5.41) is 5.21. The van der Waals surface area contributed by atoms with Gasteiger partial charge in [0.2, 0.25) is 5.91 Å². The molecule has 1 heterocycles. The highest BCUT2D eigenvalue weighted by Gasteiger charge is 2.67. The van der Waals surface area contributed by atoms with Crippen LogP contribution in [-0.4, -0.2) is 31.7 Å². The molecule has 2 rings (SSSR count). The van der Waals surface area contributed by atoms with Gasteiger partial charge < -0.3 is 10.6 Å². The van der Waals surface area contributed by atoms with Crippen LogP contribution in [0.3, 0.4) is 0 Å². The van der Waals surface area contributed by atoms with Gasteiger partial charge in [-0.05, 0) is 37.8 Å². The van der Waals surface area contributed by atoms with Crippen molar-refractivity contribution in [3.05, 3.63) is 0 Å². The van der Waals surface area contributed by atoms with Crippen LogP contribution >= 0.6 is 12.4 Å². The first kappa shape index (κ1) is 15.6. The zero-order valence-electron chi connectivity index (χ0n) is 10.2. The maximum Gasteiger partial charge on any atom is 0.405 e. The van der Waals surface area contributed by atoms with Gasteiger partial charge in [-0.15, -0.1) is 12.4 Å². The number of halogens is 4. The third-order valence-corrected chi connectivity index (χ3v) is 4.25. The molecule has 1 amide bonds. The van der Waals surface area contributed by atoms with E-state index in [2.05, 4.69) is 5.32 Å². The molecule has 1 spiro atoms. The number of piperidine rings is 1. The second-order valence-electron chi connectivity index (χ2n) is 5.34. The largest absolute Gasteiger partial charge is 0.405 e. The lowest BCUT2D eigenvalue weighted by atomic mass is 9.85. The highest BCUT2D eigenvalue weighted by atomic mass is 35.5. The molecule has 7 heteroatoms. The molecule has 1 saturated heterocycles. The Morgan fingerprint density at radius 2 is 1.89 bits per heavy atom. The fourth-order valence-corrected chi connectivity index (χ4v) is 2.96. The molecule has 1 saturated carbocycles. The van der Waals surface area contributed by atoms with Crippen LogP contribution in [0.15, 0.2) is 0 Å². The third-order valence-electron chi connectivity index (χ3n) is 4.25. The minimum Gasteiger partial charge on any atom is -0.346 e. The Labute approximate surface area is 110 Å². The molecule has 18 heavy (non-hydrogen) atoms. The van der Waals surface area contributed by atoms with Crippen molar-refractivity contribution in [2.45, 2.75) is 32.4 Å². The Kier molecular flexibility index (Phi) is 4.23. The predicted molar refractivity (Wildman–Crippen MR) is 63.6 cm³/mol. The second kappa shape index (κ2) is 4.89. The van der Waals surface area contributed by atoms with Crippen molar-refractivity contribution in [2.24, 2.45) is 10.8 Å².